The molecule has 0 spiro atoms. The highest BCUT2D eigenvalue weighted by molar-refractivity contribution is 7.97. The second-order valence-electron chi connectivity index (χ2n) is 10.4. The highest BCUT2D eigenvalue weighted by Crippen LogP contribution is 2.41. The molecule has 3 N–H and O–H groups in total. The van der Waals surface area contributed by atoms with Crippen molar-refractivity contribution in [3.63, 3.8) is 0 Å². The van der Waals surface area contributed by atoms with Gasteiger partial charge >= 0.3 is 6.18 Å². The third kappa shape index (κ3) is 9.84. The first-order valence-corrected chi connectivity index (χ1v) is 15.5. The summed E-state index contributed by atoms with van der Waals surface area (Å²) in [6.45, 7) is 14.1. The second-order valence-corrected chi connectivity index (χ2v) is 11.3. The smallest absolute Gasteiger partial charge is 0.417 e. The van der Waals surface area contributed by atoms with E-state index in [9.17, 15) is 23.1 Å². The molecule has 244 valence electrons. The lowest BCUT2D eigenvalue weighted by molar-refractivity contribution is -0.137. The van der Waals surface area contributed by atoms with Gasteiger partial charge in [-0.25, -0.2) is 4.98 Å². The summed E-state index contributed by atoms with van der Waals surface area (Å²) in [7, 11) is 3.19. The number of nitrogens with one attached hydrogen (secondary N) is 2. The molecule has 0 aliphatic heterocycles. The number of benzene rings is 3. The van der Waals surface area contributed by atoms with Gasteiger partial charge in [-0.05, 0) is 85.8 Å². The van der Waals surface area contributed by atoms with Crippen LogP contribution >= 0.6 is 11.9 Å². The van der Waals surface area contributed by atoms with Crippen molar-refractivity contribution in [3.05, 3.63) is 95.6 Å². The van der Waals surface area contributed by atoms with Crippen LogP contribution in [0.1, 0.15) is 81.9 Å². The van der Waals surface area contributed by atoms with E-state index >= 15 is 0 Å². The van der Waals surface area contributed by atoms with Crippen molar-refractivity contribution in [2.75, 3.05) is 12.4 Å². The fraction of sp³-hybridized carbons (Fsp3) is 0.353. The Kier molecular flexibility index (Phi) is 13.7. The third-order valence-electron chi connectivity index (χ3n) is 6.12. The van der Waals surface area contributed by atoms with Crippen molar-refractivity contribution in [3.8, 4) is 16.9 Å². The summed E-state index contributed by atoms with van der Waals surface area (Å²) in [6, 6.07) is 14.6. The third-order valence-corrected chi connectivity index (χ3v) is 7.39. The molecule has 1 aromatic heterocycles. The number of aliphatic hydroxyl groups excluding tert-OH is 1. The summed E-state index contributed by atoms with van der Waals surface area (Å²) in [5, 5.41) is 14.1. The maximum atomic E-state index is 13.9. The Morgan fingerprint density at radius 2 is 1.64 bits per heavy atom. The van der Waals surface area contributed by atoms with E-state index in [1.807, 2.05) is 48.5 Å². The van der Waals surface area contributed by atoms with E-state index in [1.165, 1.54) is 61.7 Å². The van der Waals surface area contributed by atoms with E-state index in [1.54, 1.807) is 36.0 Å². The largest absolute Gasteiger partial charge is 0.496 e. The molecule has 1 amide bonds. The van der Waals surface area contributed by atoms with E-state index in [-0.39, 0.29) is 28.1 Å². The normalized spacial score (nSPS) is 11.8. The molecule has 7 nitrogen and oxygen atoms in total. The number of hydrogen-bond donors (Lipinski definition) is 3. The number of nitrogens with zero attached hydrogens (tertiary/aromatic N) is 2. The number of halogens is 3. The van der Waals surface area contributed by atoms with Crippen LogP contribution in [0.5, 0.6) is 5.75 Å². The van der Waals surface area contributed by atoms with Crippen molar-refractivity contribution >= 4 is 23.5 Å². The van der Waals surface area contributed by atoms with Gasteiger partial charge in [0.15, 0.2) is 0 Å². The maximum absolute atomic E-state index is 13.9. The summed E-state index contributed by atoms with van der Waals surface area (Å²) < 4.78 is 52.0. The topological polar surface area (TPSA) is 88.4 Å². The van der Waals surface area contributed by atoms with Crippen LogP contribution < -0.4 is 14.8 Å². The highest BCUT2D eigenvalue weighted by Gasteiger charge is 2.34. The predicted molar refractivity (Wildman–Crippen MR) is 177 cm³/mol. The van der Waals surface area contributed by atoms with Crippen LogP contribution in [0, 0.1) is 0 Å². The van der Waals surface area contributed by atoms with Gasteiger partial charge in [-0.1, -0.05) is 52.0 Å². The predicted octanol–water partition coefficient (Wildman–Crippen LogP) is 8.90. The van der Waals surface area contributed by atoms with Gasteiger partial charge in [0.25, 0.3) is 5.91 Å². The fourth-order valence-corrected chi connectivity index (χ4v) is 4.96. The summed E-state index contributed by atoms with van der Waals surface area (Å²) in [5.74, 6) is 0.287. The van der Waals surface area contributed by atoms with E-state index in [0.717, 1.165) is 11.0 Å². The molecular formula is C34H43F3N4O3S. The second kappa shape index (κ2) is 16.5. The molecule has 0 saturated heterocycles. The first kappa shape index (κ1) is 37.4. The van der Waals surface area contributed by atoms with Crippen LogP contribution in [0.15, 0.2) is 78.0 Å². The molecule has 4 rings (SSSR count). The average Bonchev–Trinajstić information content (AvgIpc) is 3.46. The summed E-state index contributed by atoms with van der Waals surface area (Å²) >= 11 is 1.39. The standard InChI is InChI=1S/C30H31F3N4O3S.2C2H6/c1-29(2,3)36-41-25-13-10-18(16-24(25)40-5)28(39)35-19-11-12-20(21-8-6-7-9-23(21)30(31,32)33)22(17-19)26(38)27-34-14-15-37(27)4;2*1-2/h6-17,26,36,38H,1-5H3,(H,35,39);2*1-2H3. The Morgan fingerprint density at radius 1 is 0.978 bits per heavy atom. The Balaban J connectivity index is 0.00000169. The Morgan fingerprint density at radius 3 is 2.22 bits per heavy atom. The number of hydrogen-bond acceptors (Lipinski definition) is 6. The molecule has 1 unspecified atom stereocenters. The first-order chi connectivity index (χ1) is 21.3. The van der Waals surface area contributed by atoms with Crippen LogP contribution in [0.3, 0.4) is 0 Å². The molecular weight excluding hydrogens is 601 g/mol. The number of imidazole rings is 1. The molecule has 1 atom stereocenters. The van der Waals surface area contributed by atoms with Gasteiger partial charge in [-0.3, -0.25) is 9.52 Å². The van der Waals surface area contributed by atoms with Gasteiger partial charge in [0.05, 0.1) is 17.6 Å². The van der Waals surface area contributed by atoms with Crippen molar-refractivity contribution in [2.45, 2.75) is 71.2 Å². The van der Waals surface area contributed by atoms with E-state index in [4.69, 9.17) is 4.74 Å². The SMILES string of the molecule is CC.CC.COc1cc(C(=O)Nc2ccc(-c3ccccc3C(F)(F)F)c(C(O)c3nccn3C)c2)ccc1SNC(C)(C)C. The first-order valence-electron chi connectivity index (χ1n) is 14.7. The highest BCUT2D eigenvalue weighted by atomic mass is 32.2. The Hall–Kier alpha value is -3.80. The number of carbonyl (C=O) groups is 1. The number of carbonyl (C=O) groups excluding carboxylic acids is 1. The number of anilines is 1. The summed E-state index contributed by atoms with van der Waals surface area (Å²) in [4.78, 5) is 18.2. The van der Waals surface area contributed by atoms with Crippen molar-refractivity contribution in [2.24, 2.45) is 7.05 Å². The molecule has 0 bridgehead atoms. The lowest BCUT2D eigenvalue weighted by atomic mass is 9.91. The molecule has 0 aliphatic carbocycles. The van der Waals surface area contributed by atoms with Crippen LogP contribution in [-0.4, -0.2) is 33.2 Å². The van der Waals surface area contributed by atoms with Gasteiger partial charge in [-0.15, -0.1) is 0 Å². The number of amides is 1. The molecule has 0 radical (unpaired) electrons. The molecule has 0 fully saturated rings. The minimum atomic E-state index is -4.61. The van der Waals surface area contributed by atoms with E-state index in [2.05, 4.69) is 15.0 Å². The zero-order valence-electron chi connectivity index (χ0n) is 27.2. The monoisotopic (exact) mass is 644 g/mol. The van der Waals surface area contributed by atoms with Gasteiger partial charge in [-0.2, -0.15) is 13.2 Å². The number of aliphatic hydroxyl groups is 1. The summed E-state index contributed by atoms with van der Waals surface area (Å²) in [5.41, 5.74) is -0.139. The molecule has 11 heteroatoms. The average molecular weight is 645 g/mol. The summed E-state index contributed by atoms with van der Waals surface area (Å²) in [6.07, 6.45) is -2.87. The van der Waals surface area contributed by atoms with E-state index < -0.39 is 23.8 Å². The van der Waals surface area contributed by atoms with Crippen molar-refractivity contribution in [1.82, 2.24) is 14.3 Å². The van der Waals surface area contributed by atoms with E-state index in [0.29, 0.717) is 17.0 Å². The number of ether oxygens (including phenoxy) is 1. The van der Waals surface area contributed by atoms with Crippen LogP contribution in [0.4, 0.5) is 18.9 Å². The number of methoxy groups -OCH3 is 1. The minimum absolute atomic E-state index is 0.0946. The molecule has 0 saturated carbocycles. The molecule has 1 heterocycles. The van der Waals surface area contributed by atoms with Gasteiger partial charge in [0.2, 0.25) is 0 Å². The fourth-order valence-electron chi connectivity index (χ4n) is 4.16. The lowest BCUT2D eigenvalue weighted by Crippen LogP contribution is -2.29. The quantitative estimate of drug-likeness (QED) is 0.166. The Bertz CT molecular complexity index is 1550. The van der Waals surface area contributed by atoms with Gasteiger partial charge < -0.3 is 19.7 Å². The number of alkyl halides is 3. The molecule has 45 heavy (non-hydrogen) atoms. The lowest BCUT2D eigenvalue weighted by Gasteiger charge is -2.21. The molecule has 3 aromatic carbocycles. The zero-order chi connectivity index (χ0) is 33.9. The molecule has 4 aromatic rings. The number of rotatable bonds is 8. The molecule has 0 aliphatic rings. The number of aromatic nitrogens is 2. The van der Waals surface area contributed by atoms with Crippen molar-refractivity contribution in [1.29, 1.82) is 0 Å². The van der Waals surface area contributed by atoms with Crippen LogP contribution in [0.25, 0.3) is 11.1 Å². The maximum Gasteiger partial charge on any atom is 0.417 e. The van der Waals surface area contributed by atoms with Gasteiger partial charge in [0, 0.05) is 36.2 Å². The van der Waals surface area contributed by atoms with Gasteiger partial charge in [0.1, 0.15) is 17.7 Å². The Labute approximate surface area is 268 Å². The van der Waals surface area contributed by atoms with Crippen LogP contribution in [-0.2, 0) is 13.2 Å². The minimum Gasteiger partial charge on any atom is -0.496 e. The van der Waals surface area contributed by atoms with Crippen LogP contribution in [0.2, 0.25) is 0 Å². The number of aryl methyl sites for hydroxylation is 1. The van der Waals surface area contributed by atoms with Crippen molar-refractivity contribution < 1.29 is 27.8 Å². The zero-order valence-corrected chi connectivity index (χ0v) is 28.0.